The van der Waals surface area contributed by atoms with E-state index in [2.05, 4.69) is 6.92 Å². The van der Waals surface area contributed by atoms with Crippen LogP contribution in [0.15, 0.2) is 23.1 Å². The molecule has 4 nitrogen and oxygen atoms in total. The molecule has 2 atom stereocenters. The summed E-state index contributed by atoms with van der Waals surface area (Å²) in [5.41, 5.74) is 0.633. The van der Waals surface area contributed by atoms with Crippen LogP contribution in [-0.4, -0.2) is 14.5 Å². The van der Waals surface area contributed by atoms with Crippen molar-refractivity contribution in [3.05, 3.63) is 23.8 Å². The van der Waals surface area contributed by atoms with Crippen molar-refractivity contribution in [1.29, 1.82) is 0 Å². The third-order valence-corrected chi connectivity index (χ3v) is 5.18. The van der Waals surface area contributed by atoms with Crippen molar-refractivity contribution in [3.63, 3.8) is 0 Å². The first kappa shape index (κ1) is 15.3. The van der Waals surface area contributed by atoms with Crippen LogP contribution in [0.25, 0.3) is 0 Å². The molecule has 20 heavy (non-hydrogen) atoms. The zero-order chi connectivity index (χ0) is 14.8. The van der Waals surface area contributed by atoms with Crippen LogP contribution in [0.3, 0.4) is 0 Å². The molecule has 0 spiro atoms. The van der Waals surface area contributed by atoms with Gasteiger partial charge in [0.1, 0.15) is 11.9 Å². The van der Waals surface area contributed by atoms with E-state index in [4.69, 9.17) is 9.88 Å². The van der Waals surface area contributed by atoms with Gasteiger partial charge in [0.2, 0.25) is 10.0 Å². The summed E-state index contributed by atoms with van der Waals surface area (Å²) in [4.78, 5) is 0.167. The molecular formula is C15H23NO3S. The third-order valence-electron chi connectivity index (χ3n) is 4.10. The molecule has 2 unspecified atom stereocenters. The Balaban J connectivity index is 2.16. The van der Waals surface area contributed by atoms with Crippen LogP contribution < -0.4 is 9.88 Å². The van der Waals surface area contributed by atoms with Crippen LogP contribution in [0, 0.1) is 12.8 Å². The minimum Gasteiger partial charge on any atom is -0.490 e. The van der Waals surface area contributed by atoms with Gasteiger partial charge in [0.05, 0.1) is 4.90 Å². The smallest absolute Gasteiger partial charge is 0.238 e. The quantitative estimate of drug-likeness (QED) is 0.928. The number of ether oxygens (including phenoxy) is 1. The number of sulfonamides is 1. The van der Waals surface area contributed by atoms with Gasteiger partial charge in [-0.25, -0.2) is 13.6 Å². The van der Waals surface area contributed by atoms with Gasteiger partial charge in [-0.1, -0.05) is 13.3 Å². The summed E-state index contributed by atoms with van der Waals surface area (Å²) in [6.07, 6.45) is 6.15. The molecule has 0 heterocycles. The van der Waals surface area contributed by atoms with Crippen molar-refractivity contribution < 1.29 is 13.2 Å². The zero-order valence-corrected chi connectivity index (χ0v) is 12.9. The lowest BCUT2D eigenvalue weighted by molar-refractivity contribution is 0.0903. The summed E-state index contributed by atoms with van der Waals surface area (Å²) in [5.74, 6) is 1.34. The molecule has 1 aromatic carbocycles. The molecule has 1 fully saturated rings. The molecule has 1 saturated carbocycles. The van der Waals surface area contributed by atoms with Crippen molar-refractivity contribution >= 4 is 10.0 Å². The molecule has 0 saturated heterocycles. The molecule has 0 aromatic heterocycles. The van der Waals surface area contributed by atoms with E-state index in [1.165, 1.54) is 25.3 Å². The highest BCUT2D eigenvalue weighted by Crippen LogP contribution is 2.31. The van der Waals surface area contributed by atoms with Gasteiger partial charge >= 0.3 is 0 Å². The fraction of sp³-hybridized carbons (Fsp3) is 0.600. The Morgan fingerprint density at radius 1 is 1.30 bits per heavy atom. The second-order valence-electron chi connectivity index (χ2n) is 5.58. The predicted molar refractivity (Wildman–Crippen MR) is 79.2 cm³/mol. The van der Waals surface area contributed by atoms with Gasteiger partial charge in [-0.3, -0.25) is 0 Å². The highest BCUT2D eigenvalue weighted by Gasteiger charge is 2.25. The molecule has 1 aromatic rings. The maximum atomic E-state index is 11.4. The van der Waals surface area contributed by atoms with E-state index in [-0.39, 0.29) is 11.0 Å². The summed E-state index contributed by atoms with van der Waals surface area (Å²) >= 11 is 0. The molecule has 112 valence electrons. The fourth-order valence-electron chi connectivity index (χ4n) is 2.99. The molecule has 0 bridgehead atoms. The number of rotatable bonds is 4. The van der Waals surface area contributed by atoms with Gasteiger partial charge in [0.25, 0.3) is 0 Å². The molecule has 0 radical (unpaired) electrons. The molecule has 0 aliphatic heterocycles. The van der Waals surface area contributed by atoms with E-state index in [1.807, 2.05) is 0 Å². The summed E-state index contributed by atoms with van der Waals surface area (Å²) in [6.45, 7) is 3.94. The average molecular weight is 297 g/mol. The second-order valence-corrected chi connectivity index (χ2v) is 7.11. The van der Waals surface area contributed by atoms with Crippen molar-refractivity contribution in [1.82, 2.24) is 0 Å². The summed E-state index contributed by atoms with van der Waals surface area (Å²) in [6, 6.07) is 5.00. The van der Waals surface area contributed by atoms with Crippen LogP contribution in [0.1, 0.15) is 44.6 Å². The van der Waals surface area contributed by atoms with Crippen molar-refractivity contribution in [2.24, 2.45) is 11.1 Å². The van der Waals surface area contributed by atoms with Gasteiger partial charge in [-0.2, -0.15) is 0 Å². The van der Waals surface area contributed by atoms with Crippen LogP contribution in [0.5, 0.6) is 5.75 Å². The molecule has 0 amide bonds. The third kappa shape index (κ3) is 3.52. The van der Waals surface area contributed by atoms with E-state index < -0.39 is 10.0 Å². The maximum Gasteiger partial charge on any atom is 0.238 e. The lowest BCUT2D eigenvalue weighted by Gasteiger charge is -2.31. The first-order valence-electron chi connectivity index (χ1n) is 7.22. The number of benzene rings is 1. The average Bonchev–Trinajstić information content (AvgIpc) is 2.38. The molecular weight excluding hydrogens is 274 g/mol. The molecule has 5 heteroatoms. The molecule has 2 N–H and O–H groups in total. The zero-order valence-electron chi connectivity index (χ0n) is 12.1. The van der Waals surface area contributed by atoms with E-state index in [1.54, 1.807) is 19.1 Å². The van der Waals surface area contributed by atoms with Crippen LogP contribution >= 0.6 is 0 Å². The first-order chi connectivity index (χ1) is 9.41. The lowest BCUT2D eigenvalue weighted by atomic mass is 9.85. The highest BCUT2D eigenvalue weighted by atomic mass is 32.2. The van der Waals surface area contributed by atoms with Gasteiger partial charge in [-0.15, -0.1) is 0 Å². The Labute approximate surface area is 121 Å². The number of nitrogens with two attached hydrogens (primary N) is 1. The van der Waals surface area contributed by atoms with Gasteiger partial charge < -0.3 is 4.74 Å². The topological polar surface area (TPSA) is 69.4 Å². The van der Waals surface area contributed by atoms with Crippen LogP contribution in [-0.2, 0) is 10.0 Å². The SMILES string of the molecule is CCC1CCCCC1Oc1ccc(S(N)(=O)=O)c(C)c1. The molecule has 1 aliphatic carbocycles. The minimum absolute atomic E-state index is 0.167. The van der Waals surface area contributed by atoms with Crippen LogP contribution in [0.2, 0.25) is 0 Å². The van der Waals surface area contributed by atoms with Gasteiger partial charge in [0, 0.05) is 0 Å². The second kappa shape index (κ2) is 6.14. The fourth-order valence-corrected chi connectivity index (χ4v) is 3.75. The Kier molecular flexibility index (Phi) is 4.70. The molecule has 1 aliphatic rings. The van der Waals surface area contributed by atoms with Crippen molar-refractivity contribution in [2.75, 3.05) is 0 Å². The Morgan fingerprint density at radius 3 is 2.60 bits per heavy atom. The standard InChI is InChI=1S/C15H23NO3S/c1-3-12-6-4-5-7-14(12)19-13-8-9-15(11(2)10-13)20(16,17)18/h8-10,12,14H,3-7H2,1-2H3,(H2,16,17,18). The largest absolute Gasteiger partial charge is 0.490 e. The number of hydrogen-bond donors (Lipinski definition) is 1. The summed E-state index contributed by atoms with van der Waals surface area (Å²) in [5, 5.41) is 5.17. The van der Waals surface area contributed by atoms with Crippen molar-refractivity contribution in [2.45, 2.75) is 57.0 Å². The summed E-state index contributed by atoms with van der Waals surface area (Å²) in [7, 11) is -3.65. The monoisotopic (exact) mass is 297 g/mol. The normalized spacial score (nSPS) is 23.6. The van der Waals surface area contributed by atoms with Crippen LogP contribution in [0.4, 0.5) is 0 Å². The van der Waals surface area contributed by atoms with E-state index in [0.29, 0.717) is 11.5 Å². The Bertz CT molecular complexity index is 568. The number of primary sulfonamides is 1. The number of aryl methyl sites for hydroxylation is 1. The van der Waals surface area contributed by atoms with Gasteiger partial charge in [-0.05, 0) is 62.3 Å². The van der Waals surface area contributed by atoms with E-state index >= 15 is 0 Å². The predicted octanol–water partition coefficient (Wildman–Crippen LogP) is 2.99. The minimum atomic E-state index is -3.65. The van der Waals surface area contributed by atoms with Gasteiger partial charge in [0.15, 0.2) is 0 Å². The van der Waals surface area contributed by atoms with E-state index in [9.17, 15) is 8.42 Å². The Hall–Kier alpha value is -1.07. The summed E-state index contributed by atoms with van der Waals surface area (Å²) < 4.78 is 28.9. The Morgan fingerprint density at radius 2 is 2.00 bits per heavy atom. The maximum absolute atomic E-state index is 11.4. The van der Waals surface area contributed by atoms with E-state index in [0.717, 1.165) is 18.6 Å². The van der Waals surface area contributed by atoms with Crippen molar-refractivity contribution in [3.8, 4) is 5.75 Å². The highest BCUT2D eigenvalue weighted by molar-refractivity contribution is 7.89. The number of hydrogen-bond acceptors (Lipinski definition) is 3. The lowest BCUT2D eigenvalue weighted by Crippen LogP contribution is -2.29. The first-order valence-corrected chi connectivity index (χ1v) is 8.76. The molecule has 2 rings (SSSR count).